The Morgan fingerprint density at radius 1 is 1.27 bits per heavy atom. The zero-order valence-corrected chi connectivity index (χ0v) is 11.2. The van der Waals surface area contributed by atoms with Gasteiger partial charge in [-0.15, -0.1) is 0 Å². The summed E-state index contributed by atoms with van der Waals surface area (Å²) in [5, 5.41) is 6.24. The van der Waals surface area contributed by atoms with Crippen molar-refractivity contribution in [2.45, 2.75) is 6.18 Å². The van der Waals surface area contributed by atoms with Crippen molar-refractivity contribution in [3.05, 3.63) is 54.0 Å². The molecule has 1 aromatic carbocycles. The van der Waals surface area contributed by atoms with Gasteiger partial charge < -0.3 is 9.73 Å². The molecule has 2 rings (SSSR count). The molecular weight excluding hydrogens is 299 g/mol. The maximum absolute atomic E-state index is 12.5. The summed E-state index contributed by atoms with van der Waals surface area (Å²) < 4.78 is 42.6. The summed E-state index contributed by atoms with van der Waals surface area (Å²) in [5.41, 5.74) is 1.63. The first-order valence-corrected chi connectivity index (χ1v) is 6.22. The summed E-state index contributed by atoms with van der Waals surface area (Å²) >= 11 is 0. The summed E-state index contributed by atoms with van der Waals surface area (Å²) in [6, 6.07) is 7.90. The summed E-state index contributed by atoms with van der Waals surface area (Å²) in [6.07, 6.45) is -1.66. The fraction of sp³-hybridized carbons (Fsp3) is 0.143. The molecule has 0 unspecified atom stereocenters. The van der Waals surface area contributed by atoms with E-state index in [1.54, 1.807) is 12.1 Å². The fourth-order valence-electron chi connectivity index (χ4n) is 1.56. The van der Waals surface area contributed by atoms with Crippen LogP contribution in [0.1, 0.15) is 11.3 Å². The highest BCUT2D eigenvalue weighted by atomic mass is 19.4. The molecule has 0 saturated carbocycles. The van der Waals surface area contributed by atoms with Crippen LogP contribution in [0.3, 0.4) is 0 Å². The lowest BCUT2D eigenvalue weighted by Gasteiger charge is -2.09. The first-order chi connectivity index (χ1) is 10.4. The first-order valence-electron chi connectivity index (χ1n) is 6.22. The van der Waals surface area contributed by atoms with Crippen LogP contribution in [0.2, 0.25) is 0 Å². The molecule has 1 amide bonds. The largest absolute Gasteiger partial charge is 0.463 e. The van der Waals surface area contributed by atoms with Crippen LogP contribution in [0, 0.1) is 0 Å². The molecule has 0 aliphatic heterocycles. The molecule has 1 aromatic heterocycles. The van der Waals surface area contributed by atoms with Crippen molar-refractivity contribution in [1.82, 2.24) is 5.43 Å². The normalized spacial score (nSPS) is 11.6. The van der Waals surface area contributed by atoms with Crippen molar-refractivity contribution in [3.8, 4) is 0 Å². The van der Waals surface area contributed by atoms with Gasteiger partial charge in [-0.1, -0.05) is 6.07 Å². The molecule has 116 valence electrons. The van der Waals surface area contributed by atoms with Gasteiger partial charge in [0.05, 0.1) is 24.6 Å². The fourth-order valence-corrected chi connectivity index (χ4v) is 1.56. The second kappa shape index (κ2) is 6.79. The lowest BCUT2D eigenvalue weighted by molar-refractivity contribution is -0.137. The maximum atomic E-state index is 12.5. The van der Waals surface area contributed by atoms with Gasteiger partial charge in [-0.2, -0.15) is 18.3 Å². The van der Waals surface area contributed by atoms with Crippen LogP contribution in [0.25, 0.3) is 0 Å². The van der Waals surface area contributed by atoms with Gasteiger partial charge in [-0.3, -0.25) is 4.79 Å². The molecular formula is C14H12F3N3O2. The Kier molecular flexibility index (Phi) is 4.82. The van der Waals surface area contributed by atoms with E-state index in [4.69, 9.17) is 4.42 Å². The number of hydrazone groups is 1. The number of halogens is 3. The molecule has 8 heteroatoms. The highest BCUT2D eigenvalue weighted by Crippen LogP contribution is 2.30. The van der Waals surface area contributed by atoms with E-state index >= 15 is 0 Å². The number of carbonyl (C=O) groups excluding carboxylic acids is 1. The number of anilines is 1. The molecule has 0 aliphatic rings. The van der Waals surface area contributed by atoms with E-state index in [9.17, 15) is 18.0 Å². The molecule has 0 bridgehead atoms. The number of hydrogen-bond donors (Lipinski definition) is 2. The lowest BCUT2D eigenvalue weighted by Crippen LogP contribution is -2.26. The van der Waals surface area contributed by atoms with Crippen molar-refractivity contribution in [2.75, 3.05) is 11.9 Å². The molecule has 0 spiro atoms. The highest BCUT2D eigenvalue weighted by Gasteiger charge is 2.30. The lowest BCUT2D eigenvalue weighted by atomic mass is 10.2. The molecule has 5 nitrogen and oxygen atoms in total. The predicted molar refractivity (Wildman–Crippen MR) is 74.4 cm³/mol. The summed E-state index contributed by atoms with van der Waals surface area (Å²) in [4.78, 5) is 11.5. The molecule has 0 radical (unpaired) electrons. The summed E-state index contributed by atoms with van der Waals surface area (Å²) in [6.45, 7) is -0.212. The second-order valence-corrected chi connectivity index (χ2v) is 4.24. The van der Waals surface area contributed by atoms with Crippen LogP contribution < -0.4 is 10.7 Å². The number of nitrogens with one attached hydrogen (secondary N) is 2. The van der Waals surface area contributed by atoms with E-state index in [1.165, 1.54) is 24.6 Å². The van der Waals surface area contributed by atoms with Gasteiger partial charge in [-0.25, -0.2) is 5.43 Å². The molecule has 0 fully saturated rings. The molecule has 1 heterocycles. The first kappa shape index (κ1) is 15.6. The number of rotatable bonds is 5. The number of carbonyl (C=O) groups is 1. The van der Waals surface area contributed by atoms with Crippen molar-refractivity contribution < 1.29 is 22.4 Å². The molecule has 2 aromatic rings. The number of nitrogens with zero attached hydrogens (tertiary/aromatic N) is 1. The van der Waals surface area contributed by atoms with E-state index in [0.29, 0.717) is 5.76 Å². The molecule has 2 N–H and O–H groups in total. The van der Waals surface area contributed by atoms with Gasteiger partial charge in [-0.05, 0) is 30.3 Å². The van der Waals surface area contributed by atoms with Crippen molar-refractivity contribution >= 4 is 17.8 Å². The second-order valence-electron chi connectivity index (χ2n) is 4.24. The van der Waals surface area contributed by atoms with E-state index < -0.39 is 17.6 Å². The molecule has 0 aliphatic carbocycles. The van der Waals surface area contributed by atoms with Crippen molar-refractivity contribution in [2.24, 2.45) is 5.10 Å². The third-order valence-corrected chi connectivity index (χ3v) is 2.57. The third kappa shape index (κ3) is 4.65. The Labute approximate surface area is 123 Å². The van der Waals surface area contributed by atoms with Crippen molar-refractivity contribution in [1.29, 1.82) is 0 Å². The molecule has 22 heavy (non-hydrogen) atoms. The Morgan fingerprint density at radius 2 is 2.09 bits per heavy atom. The number of hydrogen-bond acceptors (Lipinski definition) is 4. The number of alkyl halides is 3. The number of amides is 1. The van der Waals surface area contributed by atoms with Crippen LogP contribution in [-0.2, 0) is 11.0 Å². The van der Waals surface area contributed by atoms with Gasteiger partial charge >= 0.3 is 6.18 Å². The predicted octanol–water partition coefficient (Wildman–Crippen LogP) is 2.86. The quantitative estimate of drug-likeness (QED) is 0.659. The molecule has 0 saturated heterocycles. The van der Waals surface area contributed by atoms with E-state index in [0.717, 1.165) is 12.1 Å². The summed E-state index contributed by atoms with van der Waals surface area (Å²) in [5.74, 6) is -0.0358. The summed E-state index contributed by atoms with van der Waals surface area (Å²) in [7, 11) is 0. The van der Waals surface area contributed by atoms with Crippen LogP contribution in [0.5, 0.6) is 0 Å². The van der Waals surface area contributed by atoms with Crippen LogP contribution in [-0.4, -0.2) is 18.7 Å². The van der Waals surface area contributed by atoms with Gasteiger partial charge in [0, 0.05) is 5.69 Å². The van der Waals surface area contributed by atoms with E-state index in [2.05, 4.69) is 15.8 Å². The van der Waals surface area contributed by atoms with Crippen molar-refractivity contribution in [3.63, 3.8) is 0 Å². The van der Waals surface area contributed by atoms with Gasteiger partial charge in [0.25, 0.3) is 5.91 Å². The Balaban J connectivity index is 1.83. The monoisotopic (exact) mass is 311 g/mol. The standard InChI is InChI=1S/C14H12F3N3O2/c15-14(16,17)10-3-1-4-11(7-10)18-9-13(21)20-19-8-12-5-2-6-22-12/h1-8,18H,9H2,(H,20,21)/b19-8-. The van der Waals surface area contributed by atoms with Gasteiger partial charge in [0.1, 0.15) is 5.76 Å². The number of furan rings is 1. The number of benzene rings is 1. The maximum Gasteiger partial charge on any atom is 0.416 e. The zero-order chi connectivity index (χ0) is 16.0. The smallest absolute Gasteiger partial charge is 0.416 e. The van der Waals surface area contributed by atoms with Crippen LogP contribution >= 0.6 is 0 Å². The van der Waals surface area contributed by atoms with E-state index in [1.807, 2.05) is 0 Å². The average molecular weight is 311 g/mol. The Morgan fingerprint density at radius 3 is 2.77 bits per heavy atom. The minimum atomic E-state index is -4.42. The van der Waals surface area contributed by atoms with Crippen LogP contribution in [0.15, 0.2) is 52.2 Å². The average Bonchev–Trinajstić information content (AvgIpc) is 2.98. The minimum Gasteiger partial charge on any atom is -0.463 e. The SMILES string of the molecule is O=C(CNc1cccc(C(F)(F)F)c1)N/N=C\c1ccco1. The minimum absolute atomic E-state index is 0.194. The highest BCUT2D eigenvalue weighted by molar-refractivity contribution is 5.83. The molecule has 0 atom stereocenters. The zero-order valence-electron chi connectivity index (χ0n) is 11.2. The van der Waals surface area contributed by atoms with Crippen LogP contribution in [0.4, 0.5) is 18.9 Å². The van der Waals surface area contributed by atoms with Gasteiger partial charge in [0.2, 0.25) is 0 Å². The topological polar surface area (TPSA) is 66.6 Å². The van der Waals surface area contributed by atoms with E-state index in [-0.39, 0.29) is 12.2 Å². The Hall–Kier alpha value is -2.77. The Bertz CT molecular complexity index is 652. The third-order valence-electron chi connectivity index (χ3n) is 2.57. The van der Waals surface area contributed by atoms with Gasteiger partial charge in [0.15, 0.2) is 0 Å².